The quantitative estimate of drug-likeness (QED) is 0.738. The van der Waals surface area contributed by atoms with Gasteiger partial charge in [0.2, 0.25) is 0 Å². The Morgan fingerprint density at radius 3 is 2.59 bits per heavy atom. The van der Waals surface area contributed by atoms with Crippen LogP contribution in [0.5, 0.6) is 5.75 Å². The van der Waals surface area contributed by atoms with Gasteiger partial charge in [-0.3, -0.25) is 4.68 Å². The molecule has 0 atom stereocenters. The highest BCUT2D eigenvalue weighted by molar-refractivity contribution is 5.20. The monoisotopic (exact) mass is 230 g/mol. The third-order valence-electron chi connectivity index (χ3n) is 2.63. The molecular formula is C14H18N2O. The summed E-state index contributed by atoms with van der Waals surface area (Å²) in [5, 5.41) is 4.42. The van der Waals surface area contributed by atoms with Gasteiger partial charge in [-0.15, -0.1) is 0 Å². The fraction of sp³-hybridized carbons (Fsp3) is 0.357. The molecule has 0 aliphatic carbocycles. The maximum atomic E-state index is 5.63. The van der Waals surface area contributed by atoms with E-state index in [1.807, 2.05) is 41.9 Å². The molecule has 0 radical (unpaired) electrons. The number of hydrogen-bond acceptors (Lipinski definition) is 2. The first-order valence-electron chi connectivity index (χ1n) is 5.94. The minimum absolute atomic E-state index is 0.725. The van der Waals surface area contributed by atoms with E-state index in [2.05, 4.69) is 18.1 Å². The van der Waals surface area contributed by atoms with E-state index in [9.17, 15) is 0 Å². The van der Waals surface area contributed by atoms with Gasteiger partial charge in [0.15, 0.2) is 0 Å². The first kappa shape index (κ1) is 11.7. The van der Waals surface area contributed by atoms with Gasteiger partial charge in [0, 0.05) is 18.7 Å². The molecule has 0 amide bonds. The van der Waals surface area contributed by atoms with Crippen LogP contribution < -0.4 is 4.74 Å². The normalized spacial score (nSPS) is 10.5. The molecule has 2 aromatic rings. The lowest BCUT2D eigenvalue weighted by atomic mass is 10.3. The van der Waals surface area contributed by atoms with Crippen LogP contribution in [0.25, 0.3) is 0 Å². The van der Waals surface area contributed by atoms with Gasteiger partial charge in [0.25, 0.3) is 0 Å². The Morgan fingerprint density at radius 2 is 1.94 bits per heavy atom. The van der Waals surface area contributed by atoms with Crippen molar-refractivity contribution in [3.05, 3.63) is 47.8 Å². The predicted octanol–water partition coefficient (Wildman–Crippen LogP) is 2.97. The number of aromatic nitrogens is 2. The molecule has 3 heteroatoms. The van der Waals surface area contributed by atoms with Crippen molar-refractivity contribution in [2.75, 3.05) is 6.61 Å². The molecule has 1 aromatic carbocycles. The highest BCUT2D eigenvalue weighted by atomic mass is 16.5. The van der Waals surface area contributed by atoms with Crippen molar-refractivity contribution >= 4 is 0 Å². The Morgan fingerprint density at radius 1 is 1.18 bits per heavy atom. The lowest BCUT2D eigenvalue weighted by Crippen LogP contribution is -2.07. The summed E-state index contributed by atoms with van der Waals surface area (Å²) in [6.07, 6.45) is 0.969. The molecule has 1 aromatic heterocycles. The topological polar surface area (TPSA) is 27.1 Å². The van der Waals surface area contributed by atoms with E-state index in [0.29, 0.717) is 0 Å². The van der Waals surface area contributed by atoms with E-state index in [-0.39, 0.29) is 0 Å². The summed E-state index contributed by atoms with van der Waals surface area (Å²) in [6, 6.07) is 12.0. The van der Waals surface area contributed by atoms with Crippen LogP contribution in [0.1, 0.15) is 17.8 Å². The molecule has 3 nitrogen and oxygen atoms in total. The molecule has 0 aliphatic rings. The SMILES string of the molecule is Cc1cc(C)n(CCCOc2ccccc2)n1. The van der Waals surface area contributed by atoms with Crippen LogP contribution in [0.4, 0.5) is 0 Å². The summed E-state index contributed by atoms with van der Waals surface area (Å²) in [6.45, 7) is 5.73. The van der Waals surface area contributed by atoms with Gasteiger partial charge in [-0.25, -0.2) is 0 Å². The molecule has 1 heterocycles. The highest BCUT2D eigenvalue weighted by Crippen LogP contribution is 2.09. The van der Waals surface area contributed by atoms with Gasteiger partial charge in [-0.05, 0) is 32.0 Å². The van der Waals surface area contributed by atoms with Crippen LogP contribution >= 0.6 is 0 Å². The number of benzene rings is 1. The largest absolute Gasteiger partial charge is 0.494 e. The summed E-state index contributed by atoms with van der Waals surface area (Å²) in [4.78, 5) is 0. The van der Waals surface area contributed by atoms with Gasteiger partial charge in [0.1, 0.15) is 5.75 Å². The predicted molar refractivity (Wildman–Crippen MR) is 68.3 cm³/mol. The summed E-state index contributed by atoms with van der Waals surface area (Å²) < 4.78 is 7.66. The number of hydrogen-bond donors (Lipinski definition) is 0. The van der Waals surface area contributed by atoms with E-state index in [4.69, 9.17) is 4.74 Å². The van der Waals surface area contributed by atoms with Crippen molar-refractivity contribution in [2.24, 2.45) is 0 Å². The summed E-state index contributed by atoms with van der Waals surface area (Å²) in [5.74, 6) is 0.931. The molecule has 0 unspecified atom stereocenters. The van der Waals surface area contributed by atoms with Gasteiger partial charge in [-0.2, -0.15) is 5.10 Å². The number of rotatable bonds is 5. The van der Waals surface area contributed by atoms with Gasteiger partial charge >= 0.3 is 0 Å². The summed E-state index contributed by atoms with van der Waals surface area (Å²) in [5.41, 5.74) is 2.29. The van der Waals surface area contributed by atoms with Gasteiger partial charge in [0.05, 0.1) is 12.3 Å². The first-order chi connectivity index (χ1) is 8.25. The van der Waals surface area contributed by atoms with Crippen molar-refractivity contribution in [1.82, 2.24) is 9.78 Å². The Kier molecular flexibility index (Phi) is 3.81. The fourth-order valence-electron chi connectivity index (χ4n) is 1.82. The van der Waals surface area contributed by atoms with Crippen LogP contribution in [0.15, 0.2) is 36.4 Å². The zero-order valence-corrected chi connectivity index (χ0v) is 10.4. The molecule has 0 saturated carbocycles. The lowest BCUT2D eigenvalue weighted by molar-refractivity contribution is 0.298. The Bertz CT molecular complexity index is 462. The molecule has 2 rings (SSSR count). The molecule has 0 spiro atoms. The Balaban J connectivity index is 1.75. The van der Waals surface area contributed by atoms with Crippen LogP contribution in [0, 0.1) is 13.8 Å². The smallest absolute Gasteiger partial charge is 0.119 e. The molecule has 17 heavy (non-hydrogen) atoms. The van der Waals surface area contributed by atoms with Crippen molar-refractivity contribution in [3.63, 3.8) is 0 Å². The standard InChI is InChI=1S/C14H18N2O/c1-12-11-13(2)16(15-12)9-6-10-17-14-7-4-3-5-8-14/h3-5,7-8,11H,6,9-10H2,1-2H3. The number of ether oxygens (including phenoxy) is 1. The van der Waals surface area contributed by atoms with Gasteiger partial charge in [-0.1, -0.05) is 18.2 Å². The molecule has 90 valence electrons. The fourth-order valence-corrected chi connectivity index (χ4v) is 1.82. The second kappa shape index (κ2) is 5.53. The average Bonchev–Trinajstić information content (AvgIpc) is 2.65. The van der Waals surface area contributed by atoms with Crippen molar-refractivity contribution < 1.29 is 4.74 Å². The van der Waals surface area contributed by atoms with Crippen molar-refractivity contribution in [2.45, 2.75) is 26.8 Å². The van der Waals surface area contributed by atoms with Crippen LogP contribution in [-0.2, 0) is 6.54 Å². The van der Waals surface area contributed by atoms with E-state index in [0.717, 1.165) is 31.0 Å². The van der Waals surface area contributed by atoms with Crippen molar-refractivity contribution in [3.8, 4) is 5.75 Å². The second-order valence-electron chi connectivity index (χ2n) is 4.17. The van der Waals surface area contributed by atoms with E-state index in [1.165, 1.54) is 5.69 Å². The van der Waals surface area contributed by atoms with Crippen molar-refractivity contribution in [1.29, 1.82) is 0 Å². The lowest BCUT2D eigenvalue weighted by Gasteiger charge is -2.07. The maximum absolute atomic E-state index is 5.63. The number of para-hydroxylation sites is 1. The molecule has 0 bridgehead atoms. The minimum atomic E-state index is 0.725. The zero-order valence-electron chi connectivity index (χ0n) is 10.4. The van der Waals surface area contributed by atoms with E-state index in [1.54, 1.807) is 0 Å². The molecule has 0 N–H and O–H groups in total. The minimum Gasteiger partial charge on any atom is -0.494 e. The molecular weight excluding hydrogens is 212 g/mol. The zero-order chi connectivity index (χ0) is 12.1. The van der Waals surface area contributed by atoms with Crippen LogP contribution in [-0.4, -0.2) is 16.4 Å². The van der Waals surface area contributed by atoms with Crippen LogP contribution in [0.2, 0.25) is 0 Å². The number of aryl methyl sites for hydroxylation is 3. The molecule has 0 saturated heterocycles. The highest BCUT2D eigenvalue weighted by Gasteiger charge is 2.00. The first-order valence-corrected chi connectivity index (χ1v) is 5.94. The third kappa shape index (κ3) is 3.34. The maximum Gasteiger partial charge on any atom is 0.119 e. The summed E-state index contributed by atoms with van der Waals surface area (Å²) >= 11 is 0. The summed E-state index contributed by atoms with van der Waals surface area (Å²) in [7, 11) is 0. The Labute approximate surface area is 102 Å². The van der Waals surface area contributed by atoms with Gasteiger partial charge < -0.3 is 4.74 Å². The second-order valence-corrected chi connectivity index (χ2v) is 4.17. The average molecular weight is 230 g/mol. The van der Waals surface area contributed by atoms with Crippen LogP contribution in [0.3, 0.4) is 0 Å². The molecule has 0 fully saturated rings. The Hall–Kier alpha value is -1.77. The van der Waals surface area contributed by atoms with E-state index >= 15 is 0 Å². The molecule has 0 aliphatic heterocycles. The van der Waals surface area contributed by atoms with E-state index < -0.39 is 0 Å². The number of nitrogens with zero attached hydrogens (tertiary/aromatic N) is 2. The third-order valence-corrected chi connectivity index (χ3v) is 2.63.